The highest BCUT2D eigenvalue weighted by atomic mass is 35.5. The van der Waals surface area contributed by atoms with Crippen molar-refractivity contribution in [2.75, 3.05) is 26.7 Å². The quantitative estimate of drug-likeness (QED) is 0.584. The third kappa shape index (κ3) is 4.94. The Kier molecular flexibility index (Phi) is 7.22. The molecule has 0 radical (unpaired) electrons. The molecule has 0 spiro atoms. The molecule has 2 heterocycles. The minimum absolute atomic E-state index is 0.0302. The number of carbonyl (C=O) groups excluding carboxylic acids is 1. The normalized spacial score (nSPS) is 18.8. The molecule has 1 saturated heterocycles. The Morgan fingerprint density at radius 3 is 2.90 bits per heavy atom. The van der Waals surface area contributed by atoms with Crippen molar-refractivity contribution in [1.29, 1.82) is 0 Å². The van der Waals surface area contributed by atoms with Gasteiger partial charge in [0.05, 0.1) is 17.7 Å². The first-order chi connectivity index (χ1) is 14.0. The zero-order chi connectivity index (χ0) is 20.9. The van der Waals surface area contributed by atoms with Gasteiger partial charge in [-0.25, -0.2) is 4.79 Å². The van der Waals surface area contributed by atoms with Crippen LogP contribution in [0.1, 0.15) is 37.0 Å². The molecular formula is C22H29ClN2O4. The number of halogens is 1. The van der Waals surface area contributed by atoms with Gasteiger partial charge in [-0.1, -0.05) is 23.7 Å². The van der Waals surface area contributed by atoms with Gasteiger partial charge in [0.15, 0.2) is 0 Å². The van der Waals surface area contributed by atoms with Crippen LogP contribution in [-0.4, -0.2) is 37.9 Å². The molecule has 1 aliphatic rings. The van der Waals surface area contributed by atoms with E-state index in [1.807, 2.05) is 37.3 Å². The molecule has 6 nitrogen and oxygen atoms in total. The molecule has 29 heavy (non-hydrogen) atoms. The molecule has 0 bridgehead atoms. The van der Waals surface area contributed by atoms with Crippen LogP contribution >= 0.6 is 11.6 Å². The molecule has 2 unspecified atom stereocenters. The van der Waals surface area contributed by atoms with Gasteiger partial charge in [-0.15, -0.1) is 0 Å². The largest absolute Gasteiger partial charge is 0.461 e. The number of rotatable bonds is 7. The zero-order valence-electron chi connectivity index (χ0n) is 17.0. The average molecular weight is 421 g/mol. The van der Waals surface area contributed by atoms with Crippen LogP contribution in [0.5, 0.6) is 0 Å². The van der Waals surface area contributed by atoms with Gasteiger partial charge in [0, 0.05) is 24.6 Å². The standard InChI is InChI=1S/C22H29ClN2O4/c1-15-9-10-19(29-15)20-17(7-3-8-18(20)23)22(27,16-6-4-12-24-14-16)11-5-13-25-21(26)28-2/h3,7-10,16,24,27H,4-6,11-14H2,1-2H3,(H,25,26). The third-order valence-corrected chi connectivity index (χ3v) is 5.94. The number of benzene rings is 1. The Labute approximate surface area is 176 Å². The summed E-state index contributed by atoms with van der Waals surface area (Å²) in [6, 6.07) is 9.39. The van der Waals surface area contributed by atoms with Crippen LogP contribution in [0, 0.1) is 12.8 Å². The molecular weight excluding hydrogens is 392 g/mol. The molecule has 0 aliphatic carbocycles. The first kappa shape index (κ1) is 21.7. The van der Waals surface area contributed by atoms with Gasteiger partial charge in [0.2, 0.25) is 0 Å². The highest BCUT2D eigenvalue weighted by Gasteiger charge is 2.41. The predicted molar refractivity (Wildman–Crippen MR) is 113 cm³/mol. The molecule has 3 rings (SSSR count). The number of ether oxygens (including phenoxy) is 1. The first-order valence-corrected chi connectivity index (χ1v) is 10.4. The molecule has 7 heteroatoms. The monoisotopic (exact) mass is 420 g/mol. The third-order valence-electron chi connectivity index (χ3n) is 5.63. The summed E-state index contributed by atoms with van der Waals surface area (Å²) < 4.78 is 10.5. The minimum atomic E-state index is -1.11. The maximum absolute atomic E-state index is 12.0. The number of hydrogen-bond acceptors (Lipinski definition) is 5. The number of amides is 1. The molecule has 2 atom stereocenters. The second-order valence-electron chi connectivity index (χ2n) is 7.56. The number of aliphatic hydroxyl groups is 1. The van der Waals surface area contributed by atoms with Crippen molar-refractivity contribution >= 4 is 17.7 Å². The maximum Gasteiger partial charge on any atom is 0.406 e. The van der Waals surface area contributed by atoms with E-state index in [2.05, 4.69) is 15.4 Å². The molecule has 158 valence electrons. The molecule has 1 aromatic carbocycles. The van der Waals surface area contributed by atoms with E-state index in [9.17, 15) is 9.90 Å². The van der Waals surface area contributed by atoms with Crippen molar-refractivity contribution in [2.45, 2.75) is 38.2 Å². The van der Waals surface area contributed by atoms with Gasteiger partial charge in [0.25, 0.3) is 0 Å². The maximum atomic E-state index is 12.0. The van der Waals surface area contributed by atoms with E-state index < -0.39 is 11.7 Å². The van der Waals surface area contributed by atoms with Crippen molar-refractivity contribution in [1.82, 2.24) is 10.6 Å². The Morgan fingerprint density at radius 2 is 2.24 bits per heavy atom. The van der Waals surface area contributed by atoms with Crippen LogP contribution < -0.4 is 10.6 Å². The summed E-state index contributed by atoms with van der Waals surface area (Å²) in [5.74, 6) is 1.47. The molecule has 0 saturated carbocycles. The SMILES string of the molecule is COC(=O)NCCCC(O)(c1cccc(Cl)c1-c1ccc(C)o1)C1CCCNC1. The fraction of sp³-hybridized carbons (Fsp3) is 0.500. The van der Waals surface area contributed by atoms with Gasteiger partial charge < -0.3 is 24.9 Å². The number of piperidine rings is 1. The van der Waals surface area contributed by atoms with Gasteiger partial charge >= 0.3 is 6.09 Å². The number of methoxy groups -OCH3 is 1. The Hall–Kier alpha value is -2.02. The van der Waals surface area contributed by atoms with Crippen molar-refractivity contribution in [3.8, 4) is 11.3 Å². The molecule has 1 aromatic heterocycles. The second-order valence-corrected chi connectivity index (χ2v) is 7.97. The molecule has 1 aliphatic heterocycles. The van der Waals surface area contributed by atoms with E-state index in [-0.39, 0.29) is 5.92 Å². The highest BCUT2D eigenvalue weighted by molar-refractivity contribution is 6.33. The fourth-order valence-electron chi connectivity index (χ4n) is 4.14. The van der Waals surface area contributed by atoms with Crippen molar-refractivity contribution < 1.29 is 19.1 Å². The van der Waals surface area contributed by atoms with Gasteiger partial charge in [-0.3, -0.25) is 0 Å². The van der Waals surface area contributed by atoms with Crippen LogP contribution in [0.3, 0.4) is 0 Å². The topological polar surface area (TPSA) is 83.7 Å². The fourth-order valence-corrected chi connectivity index (χ4v) is 4.41. The van der Waals surface area contributed by atoms with Crippen LogP contribution in [0.4, 0.5) is 4.79 Å². The lowest BCUT2D eigenvalue weighted by atomic mass is 9.73. The van der Waals surface area contributed by atoms with Gasteiger partial charge in [0.1, 0.15) is 11.5 Å². The van der Waals surface area contributed by atoms with Crippen molar-refractivity contribution in [3.63, 3.8) is 0 Å². The predicted octanol–water partition coefficient (Wildman–Crippen LogP) is 4.23. The van der Waals surface area contributed by atoms with Gasteiger partial charge in [-0.2, -0.15) is 0 Å². The van der Waals surface area contributed by atoms with Gasteiger partial charge in [-0.05, 0) is 62.9 Å². The zero-order valence-corrected chi connectivity index (χ0v) is 17.7. The summed E-state index contributed by atoms with van der Waals surface area (Å²) in [5.41, 5.74) is 0.397. The highest BCUT2D eigenvalue weighted by Crippen LogP contribution is 2.45. The Morgan fingerprint density at radius 1 is 1.41 bits per heavy atom. The van der Waals surface area contributed by atoms with E-state index in [0.29, 0.717) is 30.2 Å². The number of alkyl carbamates (subject to hydrolysis) is 1. The van der Waals surface area contributed by atoms with E-state index >= 15 is 0 Å². The number of carbonyl (C=O) groups is 1. The number of nitrogens with one attached hydrogen (secondary N) is 2. The van der Waals surface area contributed by atoms with Crippen LogP contribution in [0.2, 0.25) is 5.02 Å². The number of hydrogen-bond donors (Lipinski definition) is 3. The number of aryl methyl sites for hydroxylation is 1. The second kappa shape index (κ2) is 9.65. The lowest BCUT2D eigenvalue weighted by Crippen LogP contribution is -2.45. The van der Waals surface area contributed by atoms with E-state index in [4.69, 9.17) is 16.0 Å². The Bertz CT molecular complexity index is 832. The summed E-state index contributed by atoms with van der Waals surface area (Å²) in [4.78, 5) is 11.4. The number of furan rings is 1. The molecule has 1 amide bonds. The van der Waals surface area contributed by atoms with Crippen LogP contribution in [0.25, 0.3) is 11.3 Å². The summed E-state index contributed by atoms with van der Waals surface area (Å²) in [7, 11) is 1.34. The smallest absolute Gasteiger partial charge is 0.406 e. The van der Waals surface area contributed by atoms with Crippen LogP contribution in [-0.2, 0) is 10.3 Å². The summed E-state index contributed by atoms with van der Waals surface area (Å²) in [6.45, 7) is 3.99. The van der Waals surface area contributed by atoms with Crippen molar-refractivity contribution in [3.05, 3.63) is 46.7 Å². The Balaban J connectivity index is 1.95. The average Bonchev–Trinajstić information content (AvgIpc) is 3.17. The summed E-state index contributed by atoms with van der Waals surface area (Å²) in [6.07, 6.45) is 2.53. The molecule has 3 N–H and O–H groups in total. The lowest BCUT2D eigenvalue weighted by molar-refractivity contribution is -0.0416. The van der Waals surface area contributed by atoms with E-state index in [0.717, 1.165) is 42.8 Å². The van der Waals surface area contributed by atoms with Crippen LogP contribution in [0.15, 0.2) is 34.7 Å². The minimum Gasteiger partial charge on any atom is -0.461 e. The molecule has 2 aromatic rings. The summed E-state index contributed by atoms with van der Waals surface area (Å²) in [5, 5.41) is 18.7. The first-order valence-electron chi connectivity index (χ1n) is 10.1. The lowest BCUT2D eigenvalue weighted by Gasteiger charge is -2.40. The van der Waals surface area contributed by atoms with E-state index in [1.54, 1.807) is 0 Å². The molecule has 1 fully saturated rings. The van der Waals surface area contributed by atoms with E-state index in [1.165, 1.54) is 7.11 Å². The summed E-state index contributed by atoms with van der Waals surface area (Å²) >= 11 is 6.58. The van der Waals surface area contributed by atoms with Crippen molar-refractivity contribution in [2.24, 2.45) is 5.92 Å².